The number of aliphatic hydroxyl groups excluding tert-OH is 1. The predicted octanol–water partition coefficient (Wildman–Crippen LogP) is 2.47. The second-order valence-corrected chi connectivity index (χ2v) is 18.7. The van der Waals surface area contributed by atoms with Gasteiger partial charge in [0.25, 0.3) is 0 Å². The zero-order chi connectivity index (χ0) is 15.2. The van der Waals surface area contributed by atoms with Gasteiger partial charge in [0.2, 0.25) is 0 Å². The van der Waals surface area contributed by atoms with Crippen LogP contribution >= 0.6 is 22.9 Å². The molecule has 1 nitrogen and oxygen atoms in total. The van der Waals surface area contributed by atoms with Gasteiger partial charge in [-0.15, -0.1) is 11.3 Å². The van der Waals surface area contributed by atoms with E-state index in [0.29, 0.717) is 0 Å². The largest absolute Gasteiger partial charge is 0.396 e. The van der Waals surface area contributed by atoms with Crippen molar-refractivity contribution < 1.29 is 5.11 Å². The van der Waals surface area contributed by atoms with E-state index in [-0.39, 0.29) is 12.5 Å². The van der Waals surface area contributed by atoms with E-state index in [0.717, 1.165) is 9.21 Å². The highest BCUT2D eigenvalue weighted by Gasteiger charge is 2.05. The van der Waals surface area contributed by atoms with Crippen LogP contribution in [0.5, 0.6) is 0 Å². The first-order valence-electron chi connectivity index (χ1n) is 4.60. The Morgan fingerprint density at radius 3 is 1.95 bits per heavy atom. The average molecular weight is 497 g/mol. The van der Waals surface area contributed by atoms with Crippen LogP contribution in [-0.2, 0) is 93.4 Å². The second kappa shape index (κ2) is 16.0. The van der Waals surface area contributed by atoms with E-state index >= 15 is 0 Å². The van der Waals surface area contributed by atoms with E-state index in [2.05, 4.69) is 22.4 Å². The summed E-state index contributed by atoms with van der Waals surface area (Å²) in [5, 5.41) is 8.76. The molecule has 0 radical (unpaired) electrons. The standard InChI is InChI=1S/C7H9ClOS.S10/c1-5(4-9)6-2-3-7(8)10-6;1-3-5-7-9-10-8-6-4-2/h2-3,5,9H,4H2,1H3;. The van der Waals surface area contributed by atoms with Crippen molar-refractivity contribution in [3.63, 3.8) is 0 Å². The molecule has 0 bridgehead atoms. The summed E-state index contributed by atoms with van der Waals surface area (Å²) in [4.78, 5) is 1.15. The summed E-state index contributed by atoms with van der Waals surface area (Å²) in [6, 6.07) is 3.81. The first-order chi connectivity index (χ1) is 9.65. The van der Waals surface area contributed by atoms with Gasteiger partial charge < -0.3 is 5.11 Å². The predicted molar refractivity (Wildman–Crippen MR) is 118 cm³/mol. The lowest BCUT2D eigenvalue weighted by Crippen LogP contribution is -1.94. The molecule has 0 aliphatic rings. The van der Waals surface area contributed by atoms with Crippen LogP contribution < -0.4 is 0 Å². The molecule has 0 saturated heterocycles. The third-order valence-corrected chi connectivity index (χ3v) is 18.6. The van der Waals surface area contributed by atoms with E-state index < -0.39 is 0 Å². The Morgan fingerprint density at radius 1 is 1.10 bits per heavy atom. The molecular formula is C7H9ClOS11. The van der Waals surface area contributed by atoms with Gasteiger partial charge in [0, 0.05) is 104 Å². The highest BCUT2D eigenvalue weighted by atomic mass is 35.5. The summed E-state index contributed by atoms with van der Waals surface area (Å²) in [6.45, 7) is 2.17. The first kappa shape index (κ1) is 22.1. The number of hydrogen-bond acceptors (Lipinski definition) is 4. The molecule has 1 aromatic heterocycles. The van der Waals surface area contributed by atoms with Crippen LogP contribution in [0.1, 0.15) is 17.7 Å². The molecule has 0 aliphatic heterocycles. The highest BCUT2D eigenvalue weighted by Crippen LogP contribution is 2.27. The van der Waals surface area contributed by atoms with Gasteiger partial charge in [-0.1, -0.05) is 18.5 Å². The Hall–Kier alpha value is 2.15. The summed E-state index contributed by atoms with van der Waals surface area (Å²) < 4.78 is 0.787. The van der Waals surface area contributed by atoms with Crippen molar-refractivity contribution >= 4 is 116 Å². The van der Waals surface area contributed by atoms with Crippen molar-refractivity contribution in [2.24, 2.45) is 0 Å². The molecule has 0 amide bonds. The van der Waals surface area contributed by atoms with Crippen molar-refractivity contribution in [1.82, 2.24) is 0 Å². The molecule has 116 valence electrons. The maximum Gasteiger partial charge on any atom is 0.0931 e. The molecule has 0 aromatic carbocycles. The van der Waals surface area contributed by atoms with E-state index in [1.54, 1.807) is 53.3 Å². The summed E-state index contributed by atoms with van der Waals surface area (Å²) in [7, 11) is 12.7. The number of thiophene rings is 1. The second-order valence-electron chi connectivity index (χ2n) is 2.77. The maximum atomic E-state index is 8.76. The maximum absolute atomic E-state index is 8.76. The molecular weight excluding hydrogens is 488 g/mol. The third-order valence-electron chi connectivity index (χ3n) is 1.55. The fourth-order valence-corrected chi connectivity index (χ4v) is 18.3. The van der Waals surface area contributed by atoms with E-state index in [9.17, 15) is 0 Å². The van der Waals surface area contributed by atoms with Crippen molar-refractivity contribution in [2.75, 3.05) is 6.61 Å². The van der Waals surface area contributed by atoms with Crippen LogP contribution in [0.25, 0.3) is 0 Å². The smallest absolute Gasteiger partial charge is 0.0931 e. The monoisotopic (exact) mass is 496 g/mol. The molecule has 0 fully saturated rings. The van der Waals surface area contributed by atoms with Gasteiger partial charge in [0.1, 0.15) is 0 Å². The molecule has 20 heavy (non-hydrogen) atoms. The van der Waals surface area contributed by atoms with E-state index in [4.69, 9.17) is 16.7 Å². The topological polar surface area (TPSA) is 20.2 Å². The number of rotatable bonds is 2. The lowest BCUT2D eigenvalue weighted by molar-refractivity contribution is 0.274. The lowest BCUT2D eigenvalue weighted by Gasteiger charge is -2.01. The fourth-order valence-electron chi connectivity index (χ4n) is 0.751. The van der Waals surface area contributed by atoms with Gasteiger partial charge in [-0.3, -0.25) is 0 Å². The molecule has 1 N–H and O–H groups in total. The van der Waals surface area contributed by atoms with E-state index in [1.165, 1.54) is 29.1 Å². The van der Waals surface area contributed by atoms with Crippen molar-refractivity contribution in [1.29, 1.82) is 0 Å². The summed E-state index contributed by atoms with van der Waals surface area (Å²) >= 11 is 16.5. The SMILES string of the molecule is CC(CO)c1ccc(Cl)s1.S=S=S=S=S=S=S=S=S=S. The fraction of sp³-hybridized carbons (Fsp3) is 0.429. The van der Waals surface area contributed by atoms with Gasteiger partial charge in [0.15, 0.2) is 0 Å². The van der Waals surface area contributed by atoms with Crippen LogP contribution in [0.2, 0.25) is 4.34 Å². The van der Waals surface area contributed by atoms with Crippen molar-refractivity contribution in [2.45, 2.75) is 12.8 Å². The van der Waals surface area contributed by atoms with Crippen molar-refractivity contribution in [3.8, 4) is 0 Å². The first-order valence-corrected chi connectivity index (χ1v) is 17.8. The molecule has 13 heteroatoms. The normalized spacial score (nSPS) is 10.2. The van der Waals surface area contributed by atoms with Gasteiger partial charge in [-0.2, -0.15) is 0 Å². The van der Waals surface area contributed by atoms with Crippen LogP contribution in [0.15, 0.2) is 12.1 Å². The quantitative estimate of drug-likeness (QED) is 0.679. The molecule has 1 aromatic rings. The van der Waals surface area contributed by atoms with Crippen LogP contribution in [-0.4, -0.2) is 11.7 Å². The average Bonchev–Trinajstić information content (AvgIpc) is 2.89. The highest BCUT2D eigenvalue weighted by molar-refractivity contribution is 8.73. The molecule has 0 spiro atoms. The number of hydrogen-bond donors (Lipinski definition) is 1. The summed E-state index contributed by atoms with van der Waals surface area (Å²) in [6.07, 6.45) is 0. The molecule has 1 rings (SSSR count). The Morgan fingerprint density at radius 2 is 1.60 bits per heavy atom. The molecule has 1 unspecified atom stereocenters. The summed E-state index contributed by atoms with van der Waals surface area (Å²) in [5.74, 6) is 0.220. The minimum Gasteiger partial charge on any atom is -0.396 e. The van der Waals surface area contributed by atoms with Gasteiger partial charge >= 0.3 is 0 Å². The van der Waals surface area contributed by atoms with E-state index in [1.807, 2.05) is 19.1 Å². The Bertz CT molecular complexity index is 681. The zero-order valence-electron chi connectivity index (χ0n) is 9.76. The third kappa shape index (κ3) is 12.7. The van der Waals surface area contributed by atoms with Crippen LogP contribution in [0.4, 0.5) is 0 Å². The van der Waals surface area contributed by atoms with Gasteiger partial charge in [0.05, 0.1) is 10.9 Å². The van der Waals surface area contributed by atoms with Gasteiger partial charge in [-0.25, -0.2) is 0 Å². The van der Waals surface area contributed by atoms with Gasteiger partial charge in [-0.05, 0) is 12.1 Å². The summed E-state index contributed by atoms with van der Waals surface area (Å²) in [5.41, 5.74) is 0. The Kier molecular flexibility index (Phi) is 17.7. The zero-order valence-corrected chi connectivity index (χ0v) is 19.5. The van der Waals surface area contributed by atoms with Crippen molar-refractivity contribution in [3.05, 3.63) is 21.3 Å². The molecule has 1 atom stereocenters. The lowest BCUT2D eigenvalue weighted by atomic mass is 10.2. The van der Waals surface area contributed by atoms with Crippen LogP contribution in [0.3, 0.4) is 0 Å². The molecule has 1 heterocycles. The molecule has 0 aliphatic carbocycles. The Labute approximate surface area is 160 Å². The molecule has 0 saturated carbocycles. The minimum atomic E-state index is 0.191. The number of aliphatic hydroxyl groups is 1. The van der Waals surface area contributed by atoms with Crippen LogP contribution in [0, 0.1) is 0 Å². The minimum absolute atomic E-state index is 0.191. The Balaban J connectivity index is 0.000000361. The number of halogens is 1.